The third-order valence-corrected chi connectivity index (χ3v) is 4.76. The Balaban J connectivity index is 3.20. The summed E-state index contributed by atoms with van der Waals surface area (Å²) in [6.45, 7) is 7.13. The maximum atomic E-state index is 11.7. The Hall–Kier alpha value is -1.27. The van der Waals surface area contributed by atoms with Gasteiger partial charge in [-0.1, -0.05) is 6.92 Å². The smallest absolute Gasteiger partial charge is 0.240 e. The first-order valence-corrected chi connectivity index (χ1v) is 7.95. The Kier molecular flexibility index (Phi) is 5.20. The van der Waals surface area contributed by atoms with E-state index in [0.29, 0.717) is 11.7 Å². The highest BCUT2D eigenvalue weighted by molar-refractivity contribution is 7.89. The highest BCUT2D eigenvalue weighted by Crippen LogP contribution is 2.28. The second-order valence-electron chi connectivity index (χ2n) is 4.47. The average molecular weight is 285 g/mol. The third-order valence-electron chi connectivity index (χ3n) is 3.35. The van der Waals surface area contributed by atoms with Crippen LogP contribution in [0, 0.1) is 0 Å². The summed E-state index contributed by atoms with van der Waals surface area (Å²) in [5.74, 6) is 0. The first-order valence-electron chi connectivity index (χ1n) is 6.47. The summed E-state index contributed by atoms with van der Waals surface area (Å²) in [6.07, 6.45) is 1.00. The van der Waals surface area contributed by atoms with Crippen molar-refractivity contribution in [3.63, 3.8) is 0 Å². The lowest BCUT2D eigenvalue weighted by Crippen LogP contribution is -2.33. The number of hydrogen-bond acceptors (Lipinski definition) is 4. The van der Waals surface area contributed by atoms with Gasteiger partial charge < -0.3 is 10.6 Å². The van der Waals surface area contributed by atoms with Crippen LogP contribution in [-0.2, 0) is 10.0 Å². The SMILES string of the molecule is CCC(C)N(CC)c1ccc(S(=O)(=O)NC)cc1N. The minimum Gasteiger partial charge on any atom is -0.397 e. The summed E-state index contributed by atoms with van der Waals surface area (Å²) in [5.41, 5.74) is 7.37. The van der Waals surface area contributed by atoms with Gasteiger partial charge in [0, 0.05) is 12.6 Å². The van der Waals surface area contributed by atoms with Crippen LogP contribution in [0.5, 0.6) is 0 Å². The molecular weight excluding hydrogens is 262 g/mol. The van der Waals surface area contributed by atoms with Gasteiger partial charge in [0.25, 0.3) is 0 Å². The zero-order valence-electron chi connectivity index (χ0n) is 12.0. The first kappa shape index (κ1) is 15.8. The molecule has 0 amide bonds. The number of nitrogen functional groups attached to an aromatic ring is 1. The number of nitrogens with two attached hydrogens (primary N) is 1. The number of benzene rings is 1. The molecule has 0 saturated carbocycles. The van der Waals surface area contributed by atoms with Gasteiger partial charge in [-0.05, 0) is 45.5 Å². The van der Waals surface area contributed by atoms with Crippen LogP contribution in [0.2, 0.25) is 0 Å². The summed E-state index contributed by atoms with van der Waals surface area (Å²) >= 11 is 0. The number of nitrogens with one attached hydrogen (secondary N) is 1. The van der Waals surface area contributed by atoms with Crippen LogP contribution in [0.1, 0.15) is 27.2 Å². The molecule has 6 heteroatoms. The number of nitrogens with zero attached hydrogens (tertiary/aromatic N) is 1. The van der Waals surface area contributed by atoms with Crippen LogP contribution >= 0.6 is 0 Å². The van der Waals surface area contributed by atoms with E-state index in [9.17, 15) is 8.42 Å². The molecule has 0 aliphatic rings. The van der Waals surface area contributed by atoms with Crippen molar-refractivity contribution in [2.24, 2.45) is 0 Å². The average Bonchev–Trinajstić information content (AvgIpc) is 2.40. The van der Waals surface area contributed by atoms with Crippen LogP contribution in [-0.4, -0.2) is 28.1 Å². The van der Waals surface area contributed by atoms with Crippen molar-refractivity contribution in [1.29, 1.82) is 0 Å². The van der Waals surface area contributed by atoms with E-state index < -0.39 is 10.0 Å². The van der Waals surface area contributed by atoms with Gasteiger partial charge in [0.05, 0.1) is 16.3 Å². The van der Waals surface area contributed by atoms with Crippen molar-refractivity contribution in [2.75, 3.05) is 24.2 Å². The molecule has 0 aliphatic heterocycles. The molecule has 0 saturated heterocycles. The number of rotatable bonds is 6. The summed E-state index contributed by atoms with van der Waals surface area (Å²) in [7, 11) is -2.06. The number of hydrogen-bond donors (Lipinski definition) is 2. The molecule has 0 fully saturated rings. The normalized spacial score (nSPS) is 13.3. The molecule has 0 spiro atoms. The van der Waals surface area contributed by atoms with Gasteiger partial charge in [0.15, 0.2) is 0 Å². The molecule has 1 atom stereocenters. The zero-order chi connectivity index (χ0) is 14.6. The van der Waals surface area contributed by atoms with Crippen molar-refractivity contribution in [1.82, 2.24) is 4.72 Å². The molecule has 0 bridgehead atoms. The molecular formula is C13H23N3O2S. The maximum absolute atomic E-state index is 11.7. The topological polar surface area (TPSA) is 75.4 Å². The highest BCUT2D eigenvalue weighted by atomic mass is 32.2. The fourth-order valence-corrected chi connectivity index (χ4v) is 2.78. The van der Waals surface area contributed by atoms with Crippen LogP contribution < -0.4 is 15.4 Å². The van der Waals surface area contributed by atoms with E-state index in [0.717, 1.165) is 18.7 Å². The summed E-state index contributed by atoms with van der Waals surface area (Å²) < 4.78 is 25.7. The summed E-state index contributed by atoms with van der Waals surface area (Å²) in [5, 5.41) is 0. The minimum absolute atomic E-state index is 0.191. The van der Waals surface area contributed by atoms with Crippen molar-refractivity contribution in [2.45, 2.75) is 38.1 Å². The molecule has 1 aromatic rings. The Morgan fingerprint density at radius 2 is 2.00 bits per heavy atom. The number of sulfonamides is 1. The maximum Gasteiger partial charge on any atom is 0.240 e. The molecule has 0 radical (unpaired) electrons. The van der Waals surface area contributed by atoms with Crippen molar-refractivity contribution < 1.29 is 8.42 Å². The molecule has 5 nitrogen and oxygen atoms in total. The molecule has 108 valence electrons. The van der Waals surface area contributed by atoms with Gasteiger partial charge in [-0.2, -0.15) is 0 Å². The van der Waals surface area contributed by atoms with Gasteiger partial charge in [-0.3, -0.25) is 0 Å². The second kappa shape index (κ2) is 6.25. The van der Waals surface area contributed by atoms with Crippen LogP contribution in [0.4, 0.5) is 11.4 Å². The van der Waals surface area contributed by atoms with Gasteiger partial charge in [0.2, 0.25) is 10.0 Å². The van der Waals surface area contributed by atoms with E-state index in [1.165, 1.54) is 13.1 Å². The largest absolute Gasteiger partial charge is 0.397 e. The molecule has 1 rings (SSSR count). The fraction of sp³-hybridized carbons (Fsp3) is 0.538. The van der Waals surface area contributed by atoms with E-state index >= 15 is 0 Å². The Labute approximate surface area is 115 Å². The molecule has 0 aliphatic carbocycles. The minimum atomic E-state index is -3.44. The molecule has 0 aromatic heterocycles. The first-order chi connectivity index (χ1) is 8.87. The quantitative estimate of drug-likeness (QED) is 0.782. The van der Waals surface area contributed by atoms with Gasteiger partial charge in [0.1, 0.15) is 0 Å². The molecule has 0 heterocycles. The lowest BCUT2D eigenvalue weighted by Gasteiger charge is -2.30. The summed E-state index contributed by atoms with van der Waals surface area (Å²) in [6, 6.07) is 5.23. The Morgan fingerprint density at radius 1 is 1.37 bits per heavy atom. The van der Waals surface area contributed by atoms with Crippen LogP contribution in [0.25, 0.3) is 0 Å². The molecule has 19 heavy (non-hydrogen) atoms. The Bertz CT molecular complexity index is 529. The molecule has 1 unspecified atom stereocenters. The zero-order valence-corrected chi connectivity index (χ0v) is 12.8. The highest BCUT2D eigenvalue weighted by Gasteiger charge is 2.17. The van der Waals surface area contributed by atoms with Gasteiger partial charge in [-0.25, -0.2) is 13.1 Å². The van der Waals surface area contributed by atoms with Crippen molar-refractivity contribution in [3.8, 4) is 0 Å². The van der Waals surface area contributed by atoms with E-state index in [1.807, 2.05) is 0 Å². The second-order valence-corrected chi connectivity index (χ2v) is 6.36. The fourth-order valence-electron chi connectivity index (χ4n) is 2.02. The lowest BCUT2D eigenvalue weighted by molar-refractivity contribution is 0.588. The number of anilines is 2. The van der Waals surface area contributed by atoms with Crippen LogP contribution in [0.15, 0.2) is 23.1 Å². The van der Waals surface area contributed by atoms with Crippen molar-refractivity contribution in [3.05, 3.63) is 18.2 Å². The molecule has 3 N–H and O–H groups in total. The predicted octanol–water partition coefficient (Wildman–Crippen LogP) is 1.80. The van der Waals surface area contributed by atoms with E-state index in [1.54, 1.807) is 12.1 Å². The van der Waals surface area contributed by atoms with Crippen molar-refractivity contribution >= 4 is 21.4 Å². The van der Waals surface area contributed by atoms with Gasteiger partial charge in [-0.15, -0.1) is 0 Å². The standard InChI is InChI=1S/C13H23N3O2S/c1-5-10(3)16(6-2)13-8-7-11(9-12(13)14)19(17,18)15-4/h7-10,15H,5-6,14H2,1-4H3. The van der Waals surface area contributed by atoms with E-state index in [2.05, 4.69) is 30.4 Å². The monoisotopic (exact) mass is 285 g/mol. The van der Waals surface area contributed by atoms with E-state index in [4.69, 9.17) is 5.73 Å². The van der Waals surface area contributed by atoms with Gasteiger partial charge >= 0.3 is 0 Å². The Morgan fingerprint density at radius 3 is 2.42 bits per heavy atom. The molecule has 1 aromatic carbocycles. The predicted molar refractivity (Wildman–Crippen MR) is 79.9 cm³/mol. The summed E-state index contributed by atoms with van der Waals surface area (Å²) in [4.78, 5) is 2.36. The third kappa shape index (κ3) is 3.39. The lowest BCUT2D eigenvalue weighted by atomic mass is 10.1. The van der Waals surface area contributed by atoms with Crippen LogP contribution in [0.3, 0.4) is 0 Å². The van der Waals surface area contributed by atoms with E-state index in [-0.39, 0.29) is 4.90 Å².